The van der Waals surface area contributed by atoms with Crippen LogP contribution in [0.1, 0.15) is 15.9 Å². The van der Waals surface area contributed by atoms with E-state index in [0.29, 0.717) is 11.1 Å². The van der Waals surface area contributed by atoms with Gasteiger partial charge < -0.3 is 11.1 Å². The minimum atomic E-state index is -0.730. The Labute approximate surface area is 135 Å². The Morgan fingerprint density at radius 2 is 1.71 bits per heavy atom. The van der Waals surface area contributed by atoms with Gasteiger partial charge in [-0.1, -0.05) is 47.6 Å². The van der Waals surface area contributed by atoms with Crippen LogP contribution in [0.25, 0.3) is 0 Å². The molecule has 0 bridgehead atoms. The van der Waals surface area contributed by atoms with Crippen molar-refractivity contribution in [1.82, 2.24) is 0 Å². The van der Waals surface area contributed by atoms with Gasteiger partial charge in [0.1, 0.15) is 4.99 Å². The van der Waals surface area contributed by atoms with Crippen LogP contribution in [0.4, 0.5) is 10.1 Å². The van der Waals surface area contributed by atoms with Crippen molar-refractivity contribution in [2.24, 2.45) is 5.73 Å². The van der Waals surface area contributed by atoms with Crippen LogP contribution in [0.3, 0.4) is 0 Å². The third-order valence-electron chi connectivity index (χ3n) is 2.65. The molecular formula is C14H9Cl2FN2OS. The Kier molecular flexibility index (Phi) is 4.77. The molecule has 0 saturated heterocycles. The Morgan fingerprint density at radius 1 is 1.14 bits per heavy atom. The molecule has 0 saturated carbocycles. The monoisotopic (exact) mass is 342 g/mol. The predicted molar refractivity (Wildman–Crippen MR) is 86.7 cm³/mol. The van der Waals surface area contributed by atoms with Gasteiger partial charge in [0.2, 0.25) is 0 Å². The fourth-order valence-corrected chi connectivity index (χ4v) is 2.26. The summed E-state index contributed by atoms with van der Waals surface area (Å²) in [6.45, 7) is 0. The standard InChI is InChI=1S/C14H9Cl2FN2OS/c15-10-5-9(6-11(16)12(10)17)19-14(20)8-3-1-2-7(4-8)13(18)21/h1-6H,(H2,18,21)(H,19,20). The fraction of sp³-hybridized carbons (Fsp3) is 0. The summed E-state index contributed by atoms with van der Waals surface area (Å²) >= 11 is 16.2. The molecule has 1 amide bonds. The number of anilines is 1. The molecule has 2 rings (SSSR count). The number of carbonyl (C=O) groups is 1. The number of hydrogen-bond donors (Lipinski definition) is 2. The van der Waals surface area contributed by atoms with Crippen LogP contribution in [0, 0.1) is 5.82 Å². The number of nitrogens with one attached hydrogen (secondary N) is 1. The first-order valence-electron chi connectivity index (χ1n) is 5.74. The Bertz CT molecular complexity index is 714. The molecular weight excluding hydrogens is 334 g/mol. The molecule has 0 unspecified atom stereocenters. The summed E-state index contributed by atoms with van der Waals surface area (Å²) in [5, 5.41) is 2.23. The average Bonchev–Trinajstić information content (AvgIpc) is 2.44. The summed E-state index contributed by atoms with van der Waals surface area (Å²) in [5.74, 6) is -1.14. The van der Waals surface area contributed by atoms with Crippen LogP contribution in [-0.4, -0.2) is 10.9 Å². The second kappa shape index (κ2) is 6.39. The van der Waals surface area contributed by atoms with Crippen molar-refractivity contribution >= 4 is 52.0 Å². The van der Waals surface area contributed by atoms with Crippen LogP contribution in [-0.2, 0) is 0 Å². The van der Waals surface area contributed by atoms with E-state index in [4.69, 9.17) is 41.2 Å². The van der Waals surface area contributed by atoms with Crippen molar-refractivity contribution in [1.29, 1.82) is 0 Å². The number of thiocarbonyl (C=S) groups is 1. The summed E-state index contributed by atoms with van der Waals surface area (Å²) in [6.07, 6.45) is 0. The highest BCUT2D eigenvalue weighted by molar-refractivity contribution is 7.80. The Hall–Kier alpha value is -1.69. The molecule has 3 nitrogen and oxygen atoms in total. The molecule has 0 atom stereocenters. The van der Waals surface area contributed by atoms with Gasteiger partial charge in [-0.25, -0.2) is 4.39 Å². The Balaban J connectivity index is 2.26. The van der Waals surface area contributed by atoms with Crippen LogP contribution in [0.15, 0.2) is 36.4 Å². The molecule has 0 spiro atoms. The van der Waals surface area contributed by atoms with Crippen molar-refractivity contribution in [3.8, 4) is 0 Å². The largest absolute Gasteiger partial charge is 0.389 e. The van der Waals surface area contributed by atoms with Gasteiger partial charge in [0.15, 0.2) is 5.82 Å². The maximum atomic E-state index is 13.3. The summed E-state index contributed by atoms with van der Waals surface area (Å²) in [5.41, 5.74) is 6.74. The second-order valence-electron chi connectivity index (χ2n) is 4.15. The first-order chi connectivity index (χ1) is 9.88. The number of halogens is 3. The summed E-state index contributed by atoms with van der Waals surface area (Å²) < 4.78 is 13.3. The zero-order chi connectivity index (χ0) is 15.6. The van der Waals surface area contributed by atoms with E-state index in [0.717, 1.165) is 0 Å². The van der Waals surface area contributed by atoms with E-state index in [2.05, 4.69) is 5.32 Å². The molecule has 2 aromatic rings. The first-order valence-corrected chi connectivity index (χ1v) is 6.90. The molecule has 3 N–H and O–H groups in total. The van der Waals surface area contributed by atoms with E-state index >= 15 is 0 Å². The van der Waals surface area contributed by atoms with Crippen molar-refractivity contribution in [3.05, 3.63) is 63.4 Å². The zero-order valence-electron chi connectivity index (χ0n) is 10.5. The van der Waals surface area contributed by atoms with Crippen molar-refractivity contribution in [3.63, 3.8) is 0 Å². The molecule has 0 radical (unpaired) electrons. The molecule has 0 aliphatic heterocycles. The van der Waals surface area contributed by atoms with Gasteiger partial charge in [-0.3, -0.25) is 4.79 Å². The predicted octanol–water partition coefficient (Wildman–Crippen LogP) is 4.02. The molecule has 7 heteroatoms. The van der Waals surface area contributed by atoms with E-state index in [1.165, 1.54) is 12.1 Å². The van der Waals surface area contributed by atoms with E-state index in [9.17, 15) is 9.18 Å². The molecule has 0 heterocycles. The SMILES string of the molecule is NC(=S)c1cccc(C(=O)Nc2cc(Cl)c(F)c(Cl)c2)c1. The van der Waals surface area contributed by atoms with Crippen molar-refractivity contribution < 1.29 is 9.18 Å². The van der Waals surface area contributed by atoms with Gasteiger partial charge in [0.05, 0.1) is 10.0 Å². The van der Waals surface area contributed by atoms with Gasteiger partial charge >= 0.3 is 0 Å². The van der Waals surface area contributed by atoms with Gasteiger partial charge in [-0.15, -0.1) is 0 Å². The number of rotatable bonds is 3. The smallest absolute Gasteiger partial charge is 0.255 e. The van der Waals surface area contributed by atoms with Gasteiger partial charge in [-0.05, 0) is 24.3 Å². The molecule has 108 valence electrons. The molecule has 0 aromatic heterocycles. The quantitative estimate of drug-likeness (QED) is 0.654. The summed E-state index contributed by atoms with van der Waals surface area (Å²) in [7, 11) is 0. The molecule has 0 fully saturated rings. The minimum Gasteiger partial charge on any atom is -0.389 e. The lowest BCUT2D eigenvalue weighted by atomic mass is 10.1. The molecule has 21 heavy (non-hydrogen) atoms. The lowest BCUT2D eigenvalue weighted by molar-refractivity contribution is 0.102. The number of hydrogen-bond acceptors (Lipinski definition) is 2. The van der Waals surface area contributed by atoms with Crippen LogP contribution < -0.4 is 11.1 Å². The maximum absolute atomic E-state index is 13.3. The summed E-state index contributed by atoms with van der Waals surface area (Å²) in [4.78, 5) is 12.3. The van der Waals surface area contributed by atoms with Gasteiger partial charge in [0, 0.05) is 16.8 Å². The minimum absolute atomic E-state index is 0.172. The summed E-state index contributed by atoms with van der Waals surface area (Å²) in [6, 6.07) is 9.07. The zero-order valence-corrected chi connectivity index (χ0v) is 12.8. The highest BCUT2D eigenvalue weighted by Crippen LogP contribution is 2.27. The van der Waals surface area contributed by atoms with E-state index in [1.807, 2.05) is 0 Å². The fourth-order valence-electron chi connectivity index (χ4n) is 1.64. The normalized spacial score (nSPS) is 10.2. The lowest BCUT2D eigenvalue weighted by Crippen LogP contribution is -2.14. The third kappa shape index (κ3) is 3.69. The third-order valence-corrected chi connectivity index (χ3v) is 3.44. The highest BCUT2D eigenvalue weighted by Gasteiger charge is 2.11. The highest BCUT2D eigenvalue weighted by atomic mass is 35.5. The topological polar surface area (TPSA) is 55.1 Å². The molecule has 0 aliphatic rings. The number of benzene rings is 2. The van der Waals surface area contributed by atoms with E-state index in [-0.39, 0.29) is 20.7 Å². The lowest BCUT2D eigenvalue weighted by Gasteiger charge is -2.08. The first kappa shape index (κ1) is 15.7. The number of carbonyl (C=O) groups excluding carboxylic acids is 1. The maximum Gasteiger partial charge on any atom is 0.255 e. The van der Waals surface area contributed by atoms with E-state index in [1.54, 1.807) is 24.3 Å². The second-order valence-corrected chi connectivity index (χ2v) is 5.41. The molecule has 0 aliphatic carbocycles. The van der Waals surface area contributed by atoms with E-state index < -0.39 is 11.7 Å². The Morgan fingerprint density at radius 3 is 2.29 bits per heavy atom. The number of amides is 1. The van der Waals surface area contributed by atoms with Crippen LogP contribution in [0.5, 0.6) is 0 Å². The van der Waals surface area contributed by atoms with Gasteiger partial charge in [0.25, 0.3) is 5.91 Å². The van der Waals surface area contributed by atoms with Gasteiger partial charge in [-0.2, -0.15) is 0 Å². The van der Waals surface area contributed by atoms with Crippen molar-refractivity contribution in [2.45, 2.75) is 0 Å². The molecule has 2 aromatic carbocycles. The number of nitrogens with two attached hydrogens (primary N) is 1. The van der Waals surface area contributed by atoms with Crippen molar-refractivity contribution in [2.75, 3.05) is 5.32 Å². The average molecular weight is 343 g/mol. The van der Waals surface area contributed by atoms with Crippen LogP contribution in [0.2, 0.25) is 10.0 Å². The van der Waals surface area contributed by atoms with Crippen LogP contribution >= 0.6 is 35.4 Å².